The Kier molecular flexibility index (Phi) is 5.80. The molecule has 146 valence electrons. The summed E-state index contributed by atoms with van der Waals surface area (Å²) in [5.41, 5.74) is 1.84. The van der Waals surface area contributed by atoms with Gasteiger partial charge in [0.25, 0.3) is 5.91 Å². The summed E-state index contributed by atoms with van der Waals surface area (Å²) in [6.45, 7) is 0.679. The molecule has 27 heavy (non-hydrogen) atoms. The molecule has 0 spiro atoms. The number of carbonyl (C=O) groups is 2. The fourth-order valence-electron chi connectivity index (χ4n) is 4.21. The van der Waals surface area contributed by atoms with Gasteiger partial charge in [-0.3, -0.25) is 9.59 Å². The van der Waals surface area contributed by atoms with E-state index in [4.69, 9.17) is 0 Å². The van der Waals surface area contributed by atoms with Crippen LogP contribution in [-0.4, -0.2) is 28.8 Å². The van der Waals surface area contributed by atoms with Crippen molar-refractivity contribution in [2.45, 2.75) is 89.3 Å². The first-order valence-corrected chi connectivity index (χ1v) is 10.9. The molecule has 1 aromatic carbocycles. The first kappa shape index (κ1) is 18.5. The third kappa shape index (κ3) is 5.33. The Morgan fingerprint density at radius 2 is 1.63 bits per heavy atom. The lowest BCUT2D eigenvalue weighted by molar-refractivity contribution is -0.132. The lowest BCUT2D eigenvalue weighted by Gasteiger charge is -2.25. The second-order valence-electron chi connectivity index (χ2n) is 8.74. The molecule has 1 N–H and O–H groups in total. The van der Waals surface area contributed by atoms with Crippen molar-refractivity contribution in [2.75, 3.05) is 0 Å². The number of benzene rings is 1. The monoisotopic (exact) mass is 368 g/mol. The molecule has 0 aliphatic heterocycles. The van der Waals surface area contributed by atoms with E-state index < -0.39 is 0 Å². The second kappa shape index (κ2) is 8.45. The van der Waals surface area contributed by atoms with E-state index in [0.29, 0.717) is 36.5 Å². The van der Waals surface area contributed by atoms with Gasteiger partial charge in [-0.25, -0.2) is 0 Å². The molecule has 4 heteroatoms. The van der Waals surface area contributed by atoms with Gasteiger partial charge in [-0.15, -0.1) is 0 Å². The van der Waals surface area contributed by atoms with Gasteiger partial charge in [-0.05, 0) is 55.7 Å². The van der Waals surface area contributed by atoms with Gasteiger partial charge in [0.2, 0.25) is 5.91 Å². The SMILES string of the molecule is O=C(NC1CC1)c1ccc(CN(C(=O)CCC2CCCCC2)C2CC2)cc1. The Labute approximate surface area is 162 Å². The van der Waals surface area contributed by atoms with Gasteiger partial charge >= 0.3 is 0 Å². The standard InChI is InChI=1S/C23H32N2O2/c26-22(15-8-17-4-2-1-3-5-17)25(21-13-14-21)16-18-6-9-19(10-7-18)23(27)24-20-11-12-20/h6-7,9-10,17,20-21H,1-5,8,11-16H2,(H,24,27). The van der Waals surface area contributed by atoms with Crippen molar-refractivity contribution in [3.05, 3.63) is 35.4 Å². The van der Waals surface area contributed by atoms with Crippen LogP contribution in [-0.2, 0) is 11.3 Å². The first-order chi connectivity index (χ1) is 13.2. The Morgan fingerprint density at radius 1 is 0.926 bits per heavy atom. The number of nitrogens with one attached hydrogen (secondary N) is 1. The summed E-state index contributed by atoms with van der Waals surface area (Å²) in [7, 11) is 0. The van der Waals surface area contributed by atoms with Crippen LogP contribution in [0.3, 0.4) is 0 Å². The summed E-state index contributed by atoms with van der Waals surface area (Å²) in [6, 6.07) is 8.61. The highest BCUT2D eigenvalue weighted by molar-refractivity contribution is 5.94. The molecule has 4 rings (SSSR count). The molecule has 0 radical (unpaired) electrons. The maximum Gasteiger partial charge on any atom is 0.251 e. The predicted molar refractivity (Wildman–Crippen MR) is 106 cm³/mol. The maximum atomic E-state index is 12.8. The van der Waals surface area contributed by atoms with Crippen molar-refractivity contribution in [3.8, 4) is 0 Å². The highest BCUT2D eigenvalue weighted by Crippen LogP contribution is 2.31. The zero-order chi connectivity index (χ0) is 18.6. The van der Waals surface area contributed by atoms with Gasteiger partial charge in [0.1, 0.15) is 0 Å². The van der Waals surface area contributed by atoms with Crippen LogP contribution in [0, 0.1) is 5.92 Å². The molecule has 0 saturated heterocycles. The van der Waals surface area contributed by atoms with Crippen molar-refractivity contribution in [3.63, 3.8) is 0 Å². The van der Waals surface area contributed by atoms with Gasteiger partial charge in [-0.2, -0.15) is 0 Å². The number of carbonyl (C=O) groups excluding carboxylic acids is 2. The van der Waals surface area contributed by atoms with Crippen molar-refractivity contribution in [1.82, 2.24) is 10.2 Å². The van der Waals surface area contributed by atoms with Gasteiger partial charge in [-0.1, -0.05) is 44.2 Å². The molecular formula is C23H32N2O2. The fourth-order valence-corrected chi connectivity index (χ4v) is 4.21. The van der Waals surface area contributed by atoms with Gasteiger partial charge in [0.15, 0.2) is 0 Å². The molecule has 0 atom stereocenters. The van der Waals surface area contributed by atoms with Crippen LogP contribution < -0.4 is 5.32 Å². The van der Waals surface area contributed by atoms with E-state index in [1.165, 1.54) is 32.1 Å². The van der Waals surface area contributed by atoms with Gasteiger partial charge in [0.05, 0.1) is 0 Å². The minimum atomic E-state index is 0.0201. The molecule has 2 amide bonds. The predicted octanol–water partition coefficient (Wildman–Crippen LogP) is 4.43. The lowest BCUT2D eigenvalue weighted by Crippen LogP contribution is -2.33. The second-order valence-corrected chi connectivity index (χ2v) is 8.74. The average Bonchev–Trinajstić information content (AvgIpc) is 3.60. The van der Waals surface area contributed by atoms with Crippen LogP contribution in [0.2, 0.25) is 0 Å². The van der Waals surface area contributed by atoms with Crippen molar-refractivity contribution in [2.24, 2.45) is 5.92 Å². The number of hydrogen-bond donors (Lipinski definition) is 1. The minimum absolute atomic E-state index is 0.0201. The number of rotatable bonds is 8. The highest BCUT2D eigenvalue weighted by atomic mass is 16.2. The molecule has 0 aromatic heterocycles. The maximum absolute atomic E-state index is 12.8. The van der Waals surface area contributed by atoms with E-state index in [2.05, 4.69) is 10.2 Å². The number of amides is 2. The van der Waals surface area contributed by atoms with E-state index >= 15 is 0 Å². The molecule has 3 saturated carbocycles. The van der Waals surface area contributed by atoms with E-state index in [1.54, 1.807) is 0 Å². The van der Waals surface area contributed by atoms with Crippen LogP contribution in [0.1, 0.15) is 86.6 Å². The summed E-state index contributed by atoms with van der Waals surface area (Å²) in [6.07, 6.45) is 12.9. The van der Waals surface area contributed by atoms with E-state index in [9.17, 15) is 9.59 Å². The third-order valence-electron chi connectivity index (χ3n) is 6.28. The smallest absolute Gasteiger partial charge is 0.251 e. The molecule has 3 aliphatic rings. The Morgan fingerprint density at radius 3 is 2.26 bits per heavy atom. The van der Waals surface area contributed by atoms with Crippen molar-refractivity contribution < 1.29 is 9.59 Å². The van der Waals surface area contributed by atoms with Crippen molar-refractivity contribution >= 4 is 11.8 Å². The zero-order valence-electron chi connectivity index (χ0n) is 16.3. The molecule has 4 nitrogen and oxygen atoms in total. The molecule has 3 fully saturated rings. The lowest BCUT2D eigenvalue weighted by atomic mass is 9.86. The molecule has 0 heterocycles. The Balaban J connectivity index is 1.30. The summed E-state index contributed by atoms with van der Waals surface area (Å²) < 4.78 is 0. The molecular weight excluding hydrogens is 336 g/mol. The van der Waals surface area contributed by atoms with Crippen LogP contribution in [0.25, 0.3) is 0 Å². The fraction of sp³-hybridized carbons (Fsp3) is 0.652. The van der Waals surface area contributed by atoms with Crippen LogP contribution >= 0.6 is 0 Å². The molecule has 0 bridgehead atoms. The van der Waals surface area contributed by atoms with Crippen LogP contribution in [0.5, 0.6) is 0 Å². The van der Waals surface area contributed by atoms with Crippen LogP contribution in [0.4, 0.5) is 0 Å². The number of hydrogen-bond acceptors (Lipinski definition) is 2. The van der Waals surface area contributed by atoms with Crippen LogP contribution in [0.15, 0.2) is 24.3 Å². The molecule has 1 aromatic rings. The van der Waals surface area contributed by atoms with Gasteiger partial charge < -0.3 is 10.2 Å². The quantitative estimate of drug-likeness (QED) is 0.738. The first-order valence-electron chi connectivity index (χ1n) is 10.9. The molecule has 0 unspecified atom stereocenters. The highest BCUT2D eigenvalue weighted by Gasteiger charge is 2.32. The molecule has 3 aliphatic carbocycles. The Hall–Kier alpha value is -1.84. The summed E-state index contributed by atoms with van der Waals surface area (Å²) in [5.74, 6) is 1.10. The van der Waals surface area contributed by atoms with E-state index in [-0.39, 0.29) is 5.91 Å². The zero-order valence-corrected chi connectivity index (χ0v) is 16.3. The largest absolute Gasteiger partial charge is 0.349 e. The van der Waals surface area contributed by atoms with Crippen molar-refractivity contribution in [1.29, 1.82) is 0 Å². The Bertz CT molecular complexity index is 655. The van der Waals surface area contributed by atoms with E-state index in [1.807, 2.05) is 24.3 Å². The summed E-state index contributed by atoms with van der Waals surface area (Å²) >= 11 is 0. The summed E-state index contributed by atoms with van der Waals surface area (Å²) in [4.78, 5) is 27.0. The normalized spacial score (nSPS) is 20.3. The summed E-state index contributed by atoms with van der Waals surface area (Å²) in [5, 5.41) is 3.02. The van der Waals surface area contributed by atoms with Gasteiger partial charge in [0, 0.05) is 30.6 Å². The average molecular weight is 369 g/mol. The third-order valence-corrected chi connectivity index (χ3v) is 6.28. The number of nitrogens with zero attached hydrogens (tertiary/aromatic N) is 1. The topological polar surface area (TPSA) is 49.4 Å². The minimum Gasteiger partial charge on any atom is -0.349 e. The van der Waals surface area contributed by atoms with E-state index in [0.717, 1.165) is 43.6 Å².